The molecule has 1 N–H and O–H groups in total. The molecule has 0 aliphatic rings. The summed E-state index contributed by atoms with van der Waals surface area (Å²) in [6, 6.07) is 14.7. The van der Waals surface area contributed by atoms with Gasteiger partial charge in [0.25, 0.3) is 11.5 Å². The van der Waals surface area contributed by atoms with Crippen LogP contribution < -0.4 is 15.6 Å². The van der Waals surface area contributed by atoms with Crippen LogP contribution >= 0.6 is 0 Å². The summed E-state index contributed by atoms with van der Waals surface area (Å²) in [5, 5.41) is 3.28. The number of carbonyl (C=O) groups excluding carboxylic acids is 1. The van der Waals surface area contributed by atoms with Gasteiger partial charge in [-0.25, -0.2) is 0 Å². The van der Waals surface area contributed by atoms with Crippen molar-refractivity contribution in [3.63, 3.8) is 0 Å². The Hall–Kier alpha value is -3.87. The van der Waals surface area contributed by atoms with Crippen LogP contribution in [-0.2, 0) is 13.0 Å². The lowest BCUT2D eigenvalue weighted by atomic mass is 10.1. The Balaban J connectivity index is 1.57. The first-order valence-electron chi connectivity index (χ1n) is 9.99. The van der Waals surface area contributed by atoms with Crippen molar-refractivity contribution in [2.24, 2.45) is 0 Å². The number of nitrogens with one attached hydrogen (secondary N) is 1. The van der Waals surface area contributed by atoms with Crippen LogP contribution in [0.3, 0.4) is 0 Å². The summed E-state index contributed by atoms with van der Waals surface area (Å²) >= 11 is 0. The van der Waals surface area contributed by atoms with Gasteiger partial charge in [0, 0.05) is 19.2 Å². The quantitative estimate of drug-likeness (QED) is 0.499. The molecule has 0 bridgehead atoms. The third-order valence-corrected chi connectivity index (χ3v) is 5.14. The Kier molecular flexibility index (Phi) is 5.84. The Morgan fingerprint density at radius 2 is 2.00 bits per heavy atom. The fourth-order valence-electron chi connectivity index (χ4n) is 3.44. The molecule has 0 spiro atoms. The monoisotopic (exact) mass is 417 g/mol. The minimum Gasteiger partial charge on any atom is -0.497 e. The Morgan fingerprint density at radius 3 is 2.71 bits per heavy atom. The Labute approximate surface area is 179 Å². The van der Waals surface area contributed by atoms with Gasteiger partial charge in [-0.1, -0.05) is 12.1 Å². The number of aromatic nitrogens is 2. The molecule has 0 aliphatic heterocycles. The molecule has 158 valence electrons. The van der Waals surface area contributed by atoms with E-state index in [1.54, 1.807) is 43.2 Å². The molecule has 0 aliphatic carbocycles. The lowest BCUT2D eigenvalue weighted by Gasteiger charge is -2.11. The number of pyridine rings is 2. The van der Waals surface area contributed by atoms with Crippen molar-refractivity contribution in [3.8, 4) is 5.75 Å². The van der Waals surface area contributed by atoms with Crippen molar-refractivity contribution in [2.75, 3.05) is 13.7 Å². The molecule has 4 aromatic rings. The van der Waals surface area contributed by atoms with E-state index in [-0.39, 0.29) is 11.5 Å². The van der Waals surface area contributed by atoms with Gasteiger partial charge in [-0.3, -0.25) is 14.6 Å². The zero-order chi connectivity index (χ0) is 21.8. The normalized spacial score (nSPS) is 10.9. The van der Waals surface area contributed by atoms with Crippen molar-refractivity contribution in [3.05, 3.63) is 93.9 Å². The molecule has 3 aromatic heterocycles. The number of nitrogens with zero attached hydrogens (tertiary/aromatic N) is 2. The molecule has 0 atom stereocenters. The number of ether oxygens (including phenoxy) is 1. The smallest absolute Gasteiger partial charge is 0.260 e. The van der Waals surface area contributed by atoms with Crippen LogP contribution in [0.25, 0.3) is 10.9 Å². The summed E-state index contributed by atoms with van der Waals surface area (Å²) in [6.45, 7) is 2.61. The van der Waals surface area contributed by atoms with Gasteiger partial charge < -0.3 is 19.0 Å². The Bertz CT molecular complexity index is 1260. The summed E-state index contributed by atoms with van der Waals surface area (Å²) < 4.78 is 12.1. The lowest BCUT2D eigenvalue weighted by molar-refractivity contribution is 0.0953. The van der Waals surface area contributed by atoms with Gasteiger partial charge in [0.05, 0.1) is 42.1 Å². The van der Waals surface area contributed by atoms with Crippen molar-refractivity contribution < 1.29 is 13.9 Å². The molecule has 0 fully saturated rings. The maximum Gasteiger partial charge on any atom is 0.260 e. The molecular formula is C24H23N3O4. The molecule has 4 rings (SSSR count). The first-order chi connectivity index (χ1) is 15.0. The number of carbonyl (C=O) groups is 1. The number of aryl methyl sites for hydroxylation is 1. The third-order valence-electron chi connectivity index (χ3n) is 5.14. The molecule has 0 saturated carbocycles. The number of fused-ring (bicyclic) bond motifs is 1. The third kappa shape index (κ3) is 4.50. The highest BCUT2D eigenvalue weighted by Gasteiger charge is 2.14. The van der Waals surface area contributed by atoms with Crippen LogP contribution in [0.2, 0.25) is 0 Å². The lowest BCUT2D eigenvalue weighted by Crippen LogP contribution is -2.27. The molecule has 7 nitrogen and oxygen atoms in total. The SMILES string of the molecule is COc1ccc(Cn2ccc3nc(C)c(C(=O)NCCc4ccco4)cc3c2=O)cc1. The van der Waals surface area contributed by atoms with Gasteiger partial charge >= 0.3 is 0 Å². The summed E-state index contributed by atoms with van der Waals surface area (Å²) in [5.74, 6) is 1.30. The highest BCUT2D eigenvalue weighted by atomic mass is 16.5. The zero-order valence-corrected chi connectivity index (χ0v) is 17.4. The average molecular weight is 417 g/mol. The van der Waals surface area contributed by atoms with E-state index >= 15 is 0 Å². The molecule has 7 heteroatoms. The van der Waals surface area contributed by atoms with E-state index in [1.165, 1.54) is 0 Å². The number of rotatable bonds is 7. The predicted molar refractivity (Wildman–Crippen MR) is 118 cm³/mol. The molecule has 1 aromatic carbocycles. The number of methoxy groups -OCH3 is 1. The standard InChI is InChI=1S/C24H23N3O4/c1-16-20(23(28)25-11-9-19-4-3-13-31-19)14-21-22(26-16)10-12-27(24(21)29)15-17-5-7-18(30-2)8-6-17/h3-8,10,12-14H,9,11,15H2,1-2H3,(H,25,28). The van der Waals surface area contributed by atoms with E-state index in [1.807, 2.05) is 36.4 Å². The molecule has 0 radical (unpaired) electrons. The van der Waals surface area contributed by atoms with Crippen LogP contribution in [0.4, 0.5) is 0 Å². The molecule has 3 heterocycles. The fraction of sp³-hybridized carbons (Fsp3) is 0.208. The van der Waals surface area contributed by atoms with Crippen molar-refractivity contribution in [2.45, 2.75) is 19.9 Å². The van der Waals surface area contributed by atoms with Gasteiger partial charge in [0.15, 0.2) is 0 Å². The fourth-order valence-corrected chi connectivity index (χ4v) is 3.44. The van der Waals surface area contributed by atoms with Crippen LogP contribution in [0.5, 0.6) is 5.75 Å². The second-order valence-corrected chi connectivity index (χ2v) is 7.24. The first kappa shape index (κ1) is 20.4. The van der Waals surface area contributed by atoms with Gasteiger partial charge in [-0.05, 0) is 48.9 Å². The summed E-state index contributed by atoms with van der Waals surface area (Å²) in [4.78, 5) is 30.2. The van der Waals surface area contributed by atoms with E-state index in [4.69, 9.17) is 9.15 Å². The van der Waals surface area contributed by atoms with E-state index < -0.39 is 0 Å². The first-order valence-corrected chi connectivity index (χ1v) is 9.99. The highest BCUT2D eigenvalue weighted by molar-refractivity contribution is 5.98. The number of benzene rings is 1. The molecular weight excluding hydrogens is 394 g/mol. The number of amides is 1. The van der Waals surface area contributed by atoms with Gasteiger partial charge in [-0.15, -0.1) is 0 Å². The van der Waals surface area contributed by atoms with Gasteiger partial charge in [-0.2, -0.15) is 0 Å². The number of hydrogen-bond donors (Lipinski definition) is 1. The predicted octanol–water partition coefficient (Wildman–Crippen LogP) is 3.33. The van der Waals surface area contributed by atoms with E-state index in [9.17, 15) is 9.59 Å². The molecule has 31 heavy (non-hydrogen) atoms. The van der Waals surface area contributed by atoms with Crippen molar-refractivity contribution in [1.29, 1.82) is 0 Å². The van der Waals surface area contributed by atoms with Crippen LogP contribution in [-0.4, -0.2) is 29.1 Å². The van der Waals surface area contributed by atoms with E-state index in [0.717, 1.165) is 17.1 Å². The average Bonchev–Trinajstić information content (AvgIpc) is 3.29. The zero-order valence-electron chi connectivity index (χ0n) is 17.4. The highest BCUT2D eigenvalue weighted by Crippen LogP contribution is 2.15. The molecule has 0 saturated heterocycles. The van der Waals surface area contributed by atoms with Crippen LogP contribution in [0.15, 0.2) is 70.2 Å². The van der Waals surface area contributed by atoms with Crippen molar-refractivity contribution in [1.82, 2.24) is 14.9 Å². The van der Waals surface area contributed by atoms with Crippen molar-refractivity contribution >= 4 is 16.8 Å². The van der Waals surface area contributed by atoms with Crippen LogP contribution in [0.1, 0.15) is 27.4 Å². The second kappa shape index (κ2) is 8.87. The van der Waals surface area contributed by atoms with E-state index in [0.29, 0.717) is 41.7 Å². The summed E-state index contributed by atoms with van der Waals surface area (Å²) in [7, 11) is 1.61. The summed E-state index contributed by atoms with van der Waals surface area (Å²) in [6.07, 6.45) is 3.92. The largest absolute Gasteiger partial charge is 0.497 e. The minimum absolute atomic E-state index is 0.189. The summed E-state index contributed by atoms with van der Waals surface area (Å²) in [5.41, 5.74) is 2.32. The number of hydrogen-bond acceptors (Lipinski definition) is 5. The van der Waals surface area contributed by atoms with Gasteiger partial charge in [0.2, 0.25) is 0 Å². The molecule has 0 unspecified atom stereocenters. The van der Waals surface area contributed by atoms with Gasteiger partial charge in [0.1, 0.15) is 11.5 Å². The Morgan fingerprint density at radius 1 is 1.19 bits per heavy atom. The van der Waals surface area contributed by atoms with Crippen LogP contribution in [0, 0.1) is 6.92 Å². The maximum absolute atomic E-state index is 13.1. The number of furan rings is 1. The molecule has 1 amide bonds. The maximum atomic E-state index is 13.1. The second-order valence-electron chi connectivity index (χ2n) is 7.24. The van der Waals surface area contributed by atoms with E-state index in [2.05, 4.69) is 10.3 Å². The minimum atomic E-state index is -0.261. The topological polar surface area (TPSA) is 86.4 Å².